The molecule has 0 unspecified atom stereocenters. The molecular formula is C28H24FN5O3. The topological polar surface area (TPSA) is 102 Å². The van der Waals surface area contributed by atoms with E-state index in [1.54, 1.807) is 16.8 Å². The molecule has 0 radical (unpaired) electrons. The number of rotatable bonds is 6. The number of aromatic carboxylic acids is 1. The first-order valence-electron chi connectivity index (χ1n) is 11.5. The normalized spacial score (nSPS) is 11.1. The number of para-hydroxylation sites is 2. The highest BCUT2D eigenvalue weighted by Gasteiger charge is 2.27. The van der Waals surface area contributed by atoms with Crippen LogP contribution in [0, 0.1) is 26.6 Å². The number of anilines is 2. The number of hydrogen-bond donors (Lipinski definition) is 2. The second-order valence-corrected chi connectivity index (χ2v) is 8.63. The van der Waals surface area contributed by atoms with Gasteiger partial charge in [0.1, 0.15) is 11.3 Å². The first-order valence-corrected chi connectivity index (χ1v) is 11.5. The first-order chi connectivity index (χ1) is 17.8. The van der Waals surface area contributed by atoms with Crippen molar-refractivity contribution < 1.29 is 19.0 Å². The summed E-state index contributed by atoms with van der Waals surface area (Å²) in [5.74, 6) is -1.26. The van der Waals surface area contributed by atoms with Gasteiger partial charge >= 0.3 is 5.97 Å². The number of ether oxygens (including phenoxy) is 1. The lowest BCUT2D eigenvalue weighted by Crippen LogP contribution is -2.09. The lowest BCUT2D eigenvalue weighted by atomic mass is 10.0. The summed E-state index contributed by atoms with van der Waals surface area (Å²) in [4.78, 5) is 20.5. The zero-order valence-corrected chi connectivity index (χ0v) is 20.7. The number of methoxy groups -OCH3 is 1. The Morgan fingerprint density at radius 1 is 1.03 bits per heavy atom. The molecule has 0 spiro atoms. The van der Waals surface area contributed by atoms with Gasteiger partial charge in [-0.3, -0.25) is 4.98 Å². The van der Waals surface area contributed by atoms with Crippen LogP contribution in [0.1, 0.15) is 27.2 Å². The highest BCUT2D eigenvalue weighted by Crippen LogP contribution is 2.43. The van der Waals surface area contributed by atoms with E-state index in [4.69, 9.17) is 9.84 Å². The summed E-state index contributed by atoms with van der Waals surface area (Å²) in [7, 11) is 1.39. The maximum Gasteiger partial charge on any atom is 0.337 e. The highest BCUT2D eigenvalue weighted by molar-refractivity contribution is 5.98. The van der Waals surface area contributed by atoms with Crippen molar-refractivity contribution in [1.82, 2.24) is 19.7 Å². The molecular weight excluding hydrogens is 473 g/mol. The number of carbonyl (C=O) groups is 1. The number of hydrogen-bond acceptors (Lipinski definition) is 6. The van der Waals surface area contributed by atoms with Gasteiger partial charge in [-0.1, -0.05) is 30.3 Å². The van der Waals surface area contributed by atoms with Gasteiger partial charge in [-0.25, -0.2) is 18.9 Å². The van der Waals surface area contributed by atoms with Crippen LogP contribution in [0.15, 0.2) is 60.9 Å². The Morgan fingerprint density at radius 3 is 2.49 bits per heavy atom. The molecule has 8 nitrogen and oxygen atoms in total. The third-order valence-electron chi connectivity index (χ3n) is 6.28. The molecule has 0 aliphatic heterocycles. The maximum atomic E-state index is 15.6. The van der Waals surface area contributed by atoms with Crippen LogP contribution in [0.4, 0.5) is 15.9 Å². The molecule has 0 aliphatic rings. The lowest BCUT2D eigenvalue weighted by Gasteiger charge is -2.18. The number of fused-ring (bicyclic) bond motifs is 1. The molecule has 0 bridgehead atoms. The van der Waals surface area contributed by atoms with Gasteiger partial charge in [0.25, 0.3) is 0 Å². The fourth-order valence-electron chi connectivity index (χ4n) is 4.51. The van der Waals surface area contributed by atoms with Gasteiger partial charge in [-0.05, 0) is 50.1 Å². The Bertz CT molecular complexity index is 1680. The van der Waals surface area contributed by atoms with Crippen LogP contribution in [0.3, 0.4) is 0 Å². The van der Waals surface area contributed by atoms with Gasteiger partial charge in [0.15, 0.2) is 11.6 Å². The second-order valence-electron chi connectivity index (χ2n) is 8.63. The molecule has 3 aromatic carbocycles. The van der Waals surface area contributed by atoms with Crippen molar-refractivity contribution in [3.63, 3.8) is 0 Å². The van der Waals surface area contributed by atoms with E-state index in [0.717, 1.165) is 16.8 Å². The van der Waals surface area contributed by atoms with Crippen molar-refractivity contribution in [1.29, 1.82) is 0 Å². The van der Waals surface area contributed by atoms with Crippen LogP contribution in [-0.2, 0) is 0 Å². The molecule has 5 aromatic rings. The summed E-state index contributed by atoms with van der Waals surface area (Å²) in [6.45, 7) is 5.59. The summed E-state index contributed by atoms with van der Waals surface area (Å²) in [5.41, 5.74) is 4.95. The molecule has 186 valence electrons. The number of nitrogens with one attached hydrogen (secondary N) is 1. The van der Waals surface area contributed by atoms with Crippen LogP contribution in [0.5, 0.6) is 5.75 Å². The Labute approximate surface area is 212 Å². The molecule has 2 aromatic heterocycles. The average Bonchev–Trinajstić information content (AvgIpc) is 3.20. The minimum atomic E-state index is -1.07. The lowest BCUT2D eigenvalue weighted by molar-refractivity contribution is 0.0698. The van der Waals surface area contributed by atoms with Crippen LogP contribution >= 0.6 is 0 Å². The van der Waals surface area contributed by atoms with E-state index in [1.807, 2.05) is 51.1 Å². The van der Waals surface area contributed by atoms with Crippen LogP contribution < -0.4 is 10.1 Å². The van der Waals surface area contributed by atoms with Gasteiger partial charge in [0.05, 0.1) is 40.8 Å². The Morgan fingerprint density at radius 2 is 1.76 bits per heavy atom. The molecule has 0 fully saturated rings. The molecule has 9 heteroatoms. The van der Waals surface area contributed by atoms with Crippen LogP contribution in [0.2, 0.25) is 0 Å². The zero-order chi connectivity index (χ0) is 26.3. The van der Waals surface area contributed by atoms with E-state index < -0.39 is 11.8 Å². The van der Waals surface area contributed by atoms with Crippen molar-refractivity contribution in [3.8, 4) is 22.6 Å². The fourth-order valence-corrected chi connectivity index (χ4v) is 4.51. The molecule has 2 N–H and O–H groups in total. The zero-order valence-electron chi connectivity index (χ0n) is 20.7. The SMILES string of the molecule is COc1c(-c2c(C)nn(-c3ccccc3C)c2Nc2c(C)cccc2C(=O)O)cc2nccnc2c1F. The van der Waals surface area contributed by atoms with Crippen molar-refractivity contribution in [2.24, 2.45) is 0 Å². The number of carboxylic acid groups (broad SMARTS) is 1. The van der Waals surface area contributed by atoms with Crippen molar-refractivity contribution in [2.75, 3.05) is 12.4 Å². The number of benzene rings is 3. The van der Waals surface area contributed by atoms with Crippen LogP contribution in [-0.4, -0.2) is 37.9 Å². The first kappa shape index (κ1) is 23.9. The number of carboxylic acids is 1. The third kappa shape index (κ3) is 4.04. The number of halogens is 1. The molecule has 0 atom stereocenters. The standard InChI is InChI=1S/C28H24FN5O3/c1-15-8-5-6-11-21(15)34-27(32-24-16(2)9-7-10-18(24)28(35)36)22(17(3)33-34)19-14-20-25(31-13-12-30-20)23(29)26(19)37-4/h5-14,32H,1-4H3,(H,35,36). The molecule has 0 amide bonds. The van der Waals surface area contributed by atoms with E-state index in [1.165, 1.54) is 25.6 Å². The van der Waals surface area contributed by atoms with Gasteiger partial charge in [-0.15, -0.1) is 0 Å². The third-order valence-corrected chi connectivity index (χ3v) is 6.28. The Kier molecular flexibility index (Phi) is 6.04. The van der Waals surface area contributed by atoms with Crippen LogP contribution in [0.25, 0.3) is 27.8 Å². The van der Waals surface area contributed by atoms with E-state index in [2.05, 4.69) is 15.3 Å². The summed E-state index contributed by atoms with van der Waals surface area (Å²) in [5, 5.41) is 18.0. The average molecular weight is 498 g/mol. The summed E-state index contributed by atoms with van der Waals surface area (Å²) < 4.78 is 22.8. The summed E-state index contributed by atoms with van der Waals surface area (Å²) in [6, 6.07) is 14.4. The Balaban J connectivity index is 1.86. The number of aryl methyl sites for hydroxylation is 3. The second kappa shape index (κ2) is 9.34. The van der Waals surface area contributed by atoms with E-state index >= 15 is 4.39 Å². The van der Waals surface area contributed by atoms with Crippen molar-refractivity contribution >= 4 is 28.5 Å². The maximum absolute atomic E-state index is 15.6. The predicted octanol–water partition coefficient (Wildman–Crippen LogP) is 6.00. The molecule has 0 aliphatic carbocycles. The Hall–Kier alpha value is -4.79. The molecule has 2 heterocycles. The molecule has 5 rings (SSSR count). The monoisotopic (exact) mass is 497 g/mol. The highest BCUT2D eigenvalue weighted by atomic mass is 19.1. The van der Waals surface area contributed by atoms with Gasteiger partial charge in [0, 0.05) is 18.0 Å². The van der Waals surface area contributed by atoms with Gasteiger partial charge < -0.3 is 15.2 Å². The van der Waals surface area contributed by atoms with Gasteiger partial charge in [-0.2, -0.15) is 5.10 Å². The number of aromatic nitrogens is 4. The quantitative estimate of drug-likeness (QED) is 0.297. The van der Waals surface area contributed by atoms with Crippen molar-refractivity contribution in [3.05, 3.63) is 89.1 Å². The van der Waals surface area contributed by atoms with E-state index in [-0.39, 0.29) is 16.8 Å². The molecule has 0 saturated heterocycles. The van der Waals surface area contributed by atoms with E-state index in [9.17, 15) is 9.90 Å². The summed E-state index contributed by atoms with van der Waals surface area (Å²) in [6.07, 6.45) is 2.91. The number of nitrogens with zero attached hydrogens (tertiary/aromatic N) is 4. The summed E-state index contributed by atoms with van der Waals surface area (Å²) >= 11 is 0. The van der Waals surface area contributed by atoms with E-state index in [0.29, 0.717) is 33.8 Å². The molecule has 37 heavy (non-hydrogen) atoms. The van der Waals surface area contributed by atoms with Crippen molar-refractivity contribution in [2.45, 2.75) is 20.8 Å². The van der Waals surface area contributed by atoms with Gasteiger partial charge in [0.2, 0.25) is 0 Å². The predicted molar refractivity (Wildman–Crippen MR) is 140 cm³/mol. The molecule has 0 saturated carbocycles. The minimum Gasteiger partial charge on any atom is -0.493 e. The fraction of sp³-hybridized carbons (Fsp3) is 0.143. The largest absolute Gasteiger partial charge is 0.493 e. The smallest absolute Gasteiger partial charge is 0.337 e. The minimum absolute atomic E-state index is 0.00766.